The lowest BCUT2D eigenvalue weighted by atomic mass is 10.1. The normalized spacial score (nSPS) is 10.2. The summed E-state index contributed by atoms with van der Waals surface area (Å²) in [5, 5.41) is 2.51. The molecular weight excluding hydrogens is 325 g/mol. The molecule has 0 unspecified atom stereocenters. The van der Waals surface area contributed by atoms with E-state index in [9.17, 15) is 9.18 Å². The van der Waals surface area contributed by atoms with Crippen molar-refractivity contribution in [3.8, 4) is 11.5 Å². The molecule has 0 heterocycles. The maximum Gasteiger partial charge on any atom is 0.413 e. The van der Waals surface area contributed by atoms with Gasteiger partial charge in [-0.05, 0) is 44.5 Å². The van der Waals surface area contributed by atoms with E-state index in [4.69, 9.17) is 9.47 Å². The first-order chi connectivity index (χ1) is 12.0. The van der Waals surface area contributed by atoms with Gasteiger partial charge in [-0.1, -0.05) is 23.8 Å². The Hall–Kier alpha value is -2.76. The van der Waals surface area contributed by atoms with Gasteiger partial charge < -0.3 is 14.2 Å². The number of ether oxygens (including phenoxy) is 3. The van der Waals surface area contributed by atoms with Crippen LogP contribution in [0.3, 0.4) is 0 Å². The number of hydrogen-bond donors (Lipinski definition) is 1. The Labute approximate surface area is 146 Å². The third-order valence-corrected chi connectivity index (χ3v) is 3.56. The second kappa shape index (κ2) is 8.92. The number of alkyl halides is 1. The fourth-order valence-electron chi connectivity index (χ4n) is 2.43. The minimum atomic E-state index is -1.19. The molecule has 5 nitrogen and oxygen atoms in total. The predicted octanol–water partition coefficient (Wildman–Crippen LogP) is 4.76. The number of nitrogens with one attached hydrogen (secondary N) is 1. The van der Waals surface area contributed by atoms with Crippen LogP contribution in [0.15, 0.2) is 36.4 Å². The first kappa shape index (κ1) is 18.6. The van der Waals surface area contributed by atoms with Crippen LogP contribution < -0.4 is 14.8 Å². The number of amides is 1. The SMILES string of the molecule is CCOc1cccc(NC(=O)OCF)c1COc1ccc(C)cc1C. The van der Waals surface area contributed by atoms with Gasteiger partial charge in [0, 0.05) is 0 Å². The van der Waals surface area contributed by atoms with E-state index in [1.165, 1.54) is 0 Å². The van der Waals surface area contributed by atoms with Crippen LogP contribution in [-0.4, -0.2) is 19.6 Å². The van der Waals surface area contributed by atoms with Gasteiger partial charge in [0.15, 0.2) is 0 Å². The smallest absolute Gasteiger partial charge is 0.413 e. The number of anilines is 1. The van der Waals surface area contributed by atoms with Crippen LogP contribution in [0.5, 0.6) is 11.5 Å². The van der Waals surface area contributed by atoms with E-state index in [0.717, 1.165) is 16.9 Å². The van der Waals surface area contributed by atoms with Crippen molar-refractivity contribution in [2.45, 2.75) is 27.4 Å². The first-order valence-electron chi connectivity index (χ1n) is 7.99. The summed E-state index contributed by atoms with van der Waals surface area (Å²) in [7, 11) is 0. The Balaban J connectivity index is 2.24. The van der Waals surface area contributed by atoms with Crippen molar-refractivity contribution in [2.75, 3.05) is 18.8 Å². The number of carbonyl (C=O) groups excluding carboxylic acids is 1. The largest absolute Gasteiger partial charge is 0.493 e. The second-order valence-electron chi connectivity index (χ2n) is 5.44. The van der Waals surface area contributed by atoms with Gasteiger partial charge in [0.25, 0.3) is 0 Å². The summed E-state index contributed by atoms with van der Waals surface area (Å²) in [5.41, 5.74) is 3.27. The zero-order valence-electron chi connectivity index (χ0n) is 14.6. The third-order valence-electron chi connectivity index (χ3n) is 3.56. The molecule has 0 fully saturated rings. The van der Waals surface area contributed by atoms with E-state index >= 15 is 0 Å². The highest BCUT2D eigenvalue weighted by molar-refractivity contribution is 5.86. The minimum Gasteiger partial charge on any atom is -0.493 e. The Morgan fingerprint density at radius 3 is 2.60 bits per heavy atom. The van der Waals surface area contributed by atoms with Crippen molar-refractivity contribution in [1.29, 1.82) is 0 Å². The summed E-state index contributed by atoms with van der Waals surface area (Å²) in [4.78, 5) is 11.5. The van der Waals surface area contributed by atoms with Crippen LogP contribution in [0.25, 0.3) is 0 Å². The second-order valence-corrected chi connectivity index (χ2v) is 5.44. The molecule has 0 atom stereocenters. The lowest BCUT2D eigenvalue weighted by Crippen LogP contribution is -2.15. The summed E-state index contributed by atoms with van der Waals surface area (Å²) in [6.45, 7) is 5.31. The molecule has 6 heteroatoms. The fourth-order valence-corrected chi connectivity index (χ4v) is 2.43. The topological polar surface area (TPSA) is 56.8 Å². The van der Waals surface area contributed by atoms with Gasteiger partial charge >= 0.3 is 6.09 Å². The van der Waals surface area contributed by atoms with Gasteiger partial charge in [0.1, 0.15) is 18.1 Å². The van der Waals surface area contributed by atoms with Crippen molar-refractivity contribution in [3.63, 3.8) is 0 Å². The molecule has 0 aromatic heterocycles. The van der Waals surface area contributed by atoms with Crippen LogP contribution in [0.4, 0.5) is 14.9 Å². The molecule has 0 aliphatic carbocycles. The number of carbonyl (C=O) groups is 1. The molecule has 0 bridgehead atoms. The van der Waals surface area contributed by atoms with E-state index in [1.807, 2.05) is 39.0 Å². The number of benzene rings is 2. The van der Waals surface area contributed by atoms with E-state index in [2.05, 4.69) is 10.1 Å². The van der Waals surface area contributed by atoms with Crippen molar-refractivity contribution in [2.24, 2.45) is 0 Å². The molecule has 1 amide bonds. The van der Waals surface area contributed by atoms with Crippen LogP contribution in [0.2, 0.25) is 0 Å². The molecular formula is C19H22FNO4. The minimum absolute atomic E-state index is 0.186. The van der Waals surface area contributed by atoms with Gasteiger partial charge in [-0.3, -0.25) is 5.32 Å². The maximum absolute atomic E-state index is 12.2. The Bertz CT molecular complexity index is 733. The van der Waals surface area contributed by atoms with Crippen LogP contribution in [-0.2, 0) is 11.3 Å². The monoisotopic (exact) mass is 347 g/mol. The lowest BCUT2D eigenvalue weighted by molar-refractivity contribution is 0.111. The fraction of sp³-hybridized carbons (Fsp3) is 0.316. The molecule has 0 saturated heterocycles. The van der Waals surface area contributed by atoms with Crippen LogP contribution in [0.1, 0.15) is 23.6 Å². The van der Waals surface area contributed by atoms with Gasteiger partial charge in [-0.15, -0.1) is 0 Å². The van der Waals surface area contributed by atoms with E-state index in [1.54, 1.807) is 18.2 Å². The van der Waals surface area contributed by atoms with Crippen LogP contribution in [0, 0.1) is 13.8 Å². The molecule has 2 aromatic rings. The van der Waals surface area contributed by atoms with E-state index in [0.29, 0.717) is 23.6 Å². The van der Waals surface area contributed by atoms with Crippen molar-refractivity contribution in [3.05, 3.63) is 53.1 Å². The summed E-state index contributed by atoms with van der Waals surface area (Å²) < 4.78 is 28.0. The lowest BCUT2D eigenvalue weighted by Gasteiger charge is -2.17. The summed E-state index contributed by atoms with van der Waals surface area (Å²) >= 11 is 0. The molecule has 0 saturated carbocycles. The zero-order chi connectivity index (χ0) is 18.2. The quantitative estimate of drug-likeness (QED) is 0.785. The predicted molar refractivity (Wildman–Crippen MR) is 93.9 cm³/mol. The Morgan fingerprint density at radius 2 is 1.92 bits per heavy atom. The molecule has 0 spiro atoms. The Morgan fingerprint density at radius 1 is 1.12 bits per heavy atom. The maximum atomic E-state index is 12.2. The first-order valence-corrected chi connectivity index (χ1v) is 7.99. The summed E-state index contributed by atoms with van der Waals surface area (Å²) in [5.74, 6) is 1.33. The van der Waals surface area contributed by atoms with E-state index in [-0.39, 0.29) is 6.61 Å². The van der Waals surface area contributed by atoms with Crippen LogP contribution >= 0.6 is 0 Å². The molecule has 134 valence electrons. The summed E-state index contributed by atoms with van der Waals surface area (Å²) in [6.07, 6.45) is -0.871. The molecule has 2 rings (SSSR count). The average Bonchev–Trinajstić information content (AvgIpc) is 2.56. The van der Waals surface area contributed by atoms with Gasteiger partial charge in [0.05, 0.1) is 17.9 Å². The number of halogens is 1. The average molecular weight is 347 g/mol. The third kappa shape index (κ3) is 5.11. The zero-order valence-corrected chi connectivity index (χ0v) is 14.6. The van der Waals surface area contributed by atoms with E-state index < -0.39 is 13.0 Å². The number of aryl methyl sites for hydroxylation is 2. The highest BCUT2D eigenvalue weighted by Gasteiger charge is 2.14. The number of rotatable bonds is 7. The molecule has 0 aliphatic rings. The molecule has 0 aliphatic heterocycles. The molecule has 0 radical (unpaired) electrons. The standard InChI is InChI=1S/C19H22FNO4/c1-4-23-18-7-5-6-16(21-19(22)25-12-20)15(18)11-24-17-9-8-13(2)10-14(17)3/h5-10H,4,11-12H2,1-3H3,(H,21,22). The Kier molecular flexibility index (Phi) is 6.62. The van der Waals surface area contributed by atoms with Crippen molar-refractivity contribution < 1.29 is 23.4 Å². The summed E-state index contributed by atoms with van der Waals surface area (Å²) in [6, 6.07) is 11.1. The van der Waals surface area contributed by atoms with Gasteiger partial charge in [-0.2, -0.15) is 0 Å². The molecule has 2 aromatic carbocycles. The van der Waals surface area contributed by atoms with Gasteiger partial charge in [0.2, 0.25) is 6.86 Å². The van der Waals surface area contributed by atoms with Crippen molar-refractivity contribution >= 4 is 11.8 Å². The highest BCUT2D eigenvalue weighted by Crippen LogP contribution is 2.29. The molecule has 1 N–H and O–H groups in total. The molecule has 25 heavy (non-hydrogen) atoms. The number of hydrogen-bond acceptors (Lipinski definition) is 4. The highest BCUT2D eigenvalue weighted by atomic mass is 19.1. The van der Waals surface area contributed by atoms with Gasteiger partial charge in [-0.25, -0.2) is 9.18 Å². The van der Waals surface area contributed by atoms with Crippen molar-refractivity contribution in [1.82, 2.24) is 0 Å².